The van der Waals surface area contributed by atoms with Crippen molar-refractivity contribution in [2.75, 3.05) is 44.7 Å². The van der Waals surface area contributed by atoms with E-state index >= 15 is 0 Å². The molecule has 0 radical (unpaired) electrons. The van der Waals surface area contributed by atoms with Crippen LogP contribution in [0.4, 0.5) is 11.4 Å². The van der Waals surface area contributed by atoms with Crippen LogP contribution in [-0.4, -0.2) is 60.1 Å². The van der Waals surface area contributed by atoms with Crippen molar-refractivity contribution in [1.82, 2.24) is 14.8 Å². The van der Waals surface area contributed by atoms with E-state index in [0.717, 1.165) is 37.1 Å². The van der Waals surface area contributed by atoms with Gasteiger partial charge >= 0.3 is 0 Å². The first kappa shape index (κ1) is 19.9. The van der Waals surface area contributed by atoms with E-state index in [-0.39, 0.29) is 11.6 Å². The van der Waals surface area contributed by atoms with Crippen molar-refractivity contribution >= 4 is 28.2 Å². The van der Waals surface area contributed by atoms with Crippen molar-refractivity contribution in [3.8, 4) is 0 Å². The monoisotopic (exact) mass is 407 g/mol. The van der Waals surface area contributed by atoms with Gasteiger partial charge in [-0.25, -0.2) is 0 Å². The number of hydrogen-bond donors (Lipinski definition) is 1. The molecule has 1 aliphatic rings. The Morgan fingerprint density at radius 1 is 1.10 bits per heavy atom. The third kappa shape index (κ3) is 4.13. The number of carbonyl (C=O) groups is 1. The van der Waals surface area contributed by atoms with Crippen LogP contribution in [0.1, 0.15) is 10.4 Å². The number of anilines is 1. The topological polar surface area (TPSA) is 83.6 Å². The molecule has 1 fully saturated rings. The maximum Gasteiger partial charge on any atom is 0.293 e. The standard InChI is InChI=1S/C22H25N5O3/c1-24-12-14-26(15-13-24)20-7-6-18(16-21(20)27(29)30)22(28)23-9-11-25-10-8-17-4-2-3-5-19(17)25/h2-8,10,16H,9,11-15H2,1H3,(H,23,28). The van der Waals surface area contributed by atoms with Gasteiger partial charge in [0.05, 0.1) is 4.92 Å². The third-order valence-corrected chi connectivity index (χ3v) is 5.60. The molecule has 30 heavy (non-hydrogen) atoms. The summed E-state index contributed by atoms with van der Waals surface area (Å²) >= 11 is 0. The molecule has 1 N–H and O–H groups in total. The molecule has 2 aromatic carbocycles. The number of aromatic nitrogens is 1. The molecule has 0 spiro atoms. The number of amides is 1. The van der Waals surface area contributed by atoms with Gasteiger partial charge in [-0.05, 0) is 36.7 Å². The molecule has 1 amide bonds. The second-order valence-corrected chi connectivity index (χ2v) is 7.57. The number of likely N-dealkylation sites (N-methyl/N-ethyl adjacent to an activating group) is 1. The van der Waals surface area contributed by atoms with Crippen LogP contribution in [0.15, 0.2) is 54.7 Å². The van der Waals surface area contributed by atoms with Gasteiger partial charge in [0.2, 0.25) is 0 Å². The van der Waals surface area contributed by atoms with E-state index < -0.39 is 4.92 Å². The largest absolute Gasteiger partial charge is 0.363 e. The van der Waals surface area contributed by atoms with Crippen LogP contribution in [0.2, 0.25) is 0 Å². The van der Waals surface area contributed by atoms with E-state index in [0.29, 0.717) is 24.3 Å². The second-order valence-electron chi connectivity index (χ2n) is 7.57. The molecular weight excluding hydrogens is 382 g/mol. The number of nitro benzene ring substituents is 1. The highest BCUT2D eigenvalue weighted by atomic mass is 16.6. The number of hydrogen-bond acceptors (Lipinski definition) is 5. The molecule has 0 aliphatic carbocycles. The molecule has 8 nitrogen and oxygen atoms in total. The number of nitro groups is 1. The first-order chi connectivity index (χ1) is 14.5. The minimum absolute atomic E-state index is 0.0244. The fraction of sp³-hybridized carbons (Fsp3) is 0.318. The molecule has 1 saturated heterocycles. The average molecular weight is 407 g/mol. The molecule has 0 bridgehead atoms. The Morgan fingerprint density at radius 3 is 2.63 bits per heavy atom. The highest BCUT2D eigenvalue weighted by Gasteiger charge is 2.24. The molecule has 0 atom stereocenters. The lowest BCUT2D eigenvalue weighted by atomic mass is 10.1. The van der Waals surface area contributed by atoms with Crippen molar-refractivity contribution < 1.29 is 9.72 Å². The van der Waals surface area contributed by atoms with Crippen LogP contribution in [0.25, 0.3) is 10.9 Å². The number of benzene rings is 2. The van der Waals surface area contributed by atoms with Gasteiger partial charge in [0, 0.05) is 62.6 Å². The lowest BCUT2D eigenvalue weighted by Gasteiger charge is -2.33. The molecular formula is C22H25N5O3. The molecule has 1 aromatic heterocycles. The van der Waals surface area contributed by atoms with Gasteiger partial charge in [-0.3, -0.25) is 14.9 Å². The Bertz CT molecular complexity index is 1070. The zero-order valence-corrected chi connectivity index (χ0v) is 17.0. The van der Waals surface area contributed by atoms with Crippen LogP contribution >= 0.6 is 0 Å². The van der Waals surface area contributed by atoms with Crippen molar-refractivity contribution in [2.24, 2.45) is 0 Å². The number of nitrogens with zero attached hydrogens (tertiary/aromatic N) is 4. The molecule has 4 rings (SSSR count). The average Bonchev–Trinajstić information content (AvgIpc) is 3.17. The van der Waals surface area contributed by atoms with E-state index in [1.165, 1.54) is 6.07 Å². The van der Waals surface area contributed by atoms with Gasteiger partial charge in [0.25, 0.3) is 11.6 Å². The Labute approximate surface area is 174 Å². The predicted octanol–water partition coefficient (Wildman–Crippen LogP) is 2.73. The maximum absolute atomic E-state index is 12.6. The summed E-state index contributed by atoms with van der Waals surface area (Å²) in [5.74, 6) is -0.306. The first-order valence-electron chi connectivity index (χ1n) is 10.1. The van der Waals surface area contributed by atoms with E-state index in [2.05, 4.69) is 14.8 Å². The quantitative estimate of drug-likeness (QED) is 0.502. The van der Waals surface area contributed by atoms with Gasteiger partial charge in [-0.2, -0.15) is 0 Å². The van der Waals surface area contributed by atoms with E-state index in [1.807, 2.05) is 48.5 Å². The van der Waals surface area contributed by atoms with Crippen LogP contribution in [0, 0.1) is 10.1 Å². The molecule has 1 aliphatic heterocycles. The molecule has 2 heterocycles. The van der Waals surface area contributed by atoms with E-state index in [9.17, 15) is 14.9 Å². The summed E-state index contributed by atoms with van der Waals surface area (Å²) in [6, 6.07) is 14.8. The smallest absolute Gasteiger partial charge is 0.293 e. The summed E-state index contributed by atoms with van der Waals surface area (Å²) in [5.41, 5.74) is 1.96. The number of nitrogens with one attached hydrogen (secondary N) is 1. The van der Waals surface area contributed by atoms with Crippen molar-refractivity contribution in [1.29, 1.82) is 0 Å². The number of piperazine rings is 1. The molecule has 0 saturated carbocycles. The lowest BCUT2D eigenvalue weighted by Crippen LogP contribution is -2.44. The first-order valence-corrected chi connectivity index (χ1v) is 10.1. The Morgan fingerprint density at radius 2 is 1.87 bits per heavy atom. The summed E-state index contributed by atoms with van der Waals surface area (Å²) in [7, 11) is 2.04. The Kier molecular flexibility index (Phi) is 5.67. The maximum atomic E-state index is 12.6. The van der Waals surface area contributed by atoms with Crippen molar-refractivity contribution in [3.63, 3.8) is 0 Å². The minimum Gasteiger partial charge on any atom is -0.363 e. The zero-order valence-electron chi connectivity index (χ0n) is 17.0. The molecule has 0 unspecified atom stereocenters. The summed E-state index contributed by atoms with van der Waals surface area (Å²) in [6.07, 6.45) is 1.99. The fourth-order valence-corrected chi connectivity index (χ4v) is 3.85. The summed E-state index contributed by atoms with van der Waals surface area (Å²) in [6.45, 7) is 4.23. The number of rotatable bonds is 6. The van der Waals surface area contributed by atoms with E-state index in [4.69, 9.17) is 0 Å². The molecule has 8 heteroatoms. The number of para-hydroxylation sites is 1. The number of carbonyl (C=O) groups excluding carboxylic acids is 1. The summed E-state index contributed by atoms with van der Waals surface area (Å²) in [5, 5.41) is 15.7. The van der Waals surface area contributed by atoms with Gasteiger partial charge in [-0.1, -0.05) is 18.2 Å². The second kappa shape index (κ2) is 8.54. The van der Waals surface area contributed by atoms with Crippen LogP contribution < -0.4 is 10.2 Å². The summed E-state index contributed by atoms with van der Waals surface area (Å²) in [4.78, 5) is 28.0. The Hall–Kier alpha value is -3.39. The summed E-state index contributed by atoms with van der Waals surface area (Å²) < 4.78 is 2.08. The zero-order chi connectivity index (χ0) is 21.1. The van der Waals surface area contributed by atoms with Gasteiger partial charge in [0.15, 0.2) is 0 Å². The highest BCUT2D eigenvalue weighted by molar-refractivity contribution is 5.95. The van der Waals surface area contributed by atoms with Gasteiger partial charge < -0.3 is 19.7 Å². The Balaban J connectivity index is 1.43. The van der Waals surface area contributed by atoms with Crippen LogP contribution in [-0.2, 0) is 6.54 Å². The van der Waals surface area contributed by atoms with Gasteiger partial charge in [-0.15, -0.1) is 0 Å². The minimum atomic E-state index is -0.406. The van der Waals surface area contributed by atoms with Gasteiger partial charge in [0.1, 0.15) is 5.69 Å². The highest BCUT2D eigenvalue weighted by Crippen LogP contribution is 2.30. The van der Waals surface area contributed by atoms with E-state index in [1.54, 1.807) is 12.1 Å². The lowest BCUT2D eigenvalue weighted by molar-refractivity contribution is -0.384. The molecule has 3 aromatic rings. The number of fused-ring (bicyclic) bond motifs is 1. The normalized spacial score (nSPS) is 14.8. The third-order valence-electron chi connectivity index (χ3n) is 5.60. The molecule has 156 valence electrons. The van der Waals surface area contributed by atoms with Crippen LogP contribution in [0.5, 0.6) is 0 Å². The van der Waals surface area contributed by atoms with Crippen molar-refractivity contribution in [2.45, 2.75) is 6.54 Å². The van der Waals surface area contributed by atoms with Crippen molar-refractivity contribution in [3.05, 3.63) is 70.4 Å². The SMILES string of the molecule is CN1CCN(c2ccc(C(=O)NCCn3ccc4ccccc43)cc2[N+](=O)[O-])CC1. The predicted molar refractivity (Wildman–Crippen MR) is 117 cm³/mol. The van der Waals surface area contributed by atoms with Crippen LogP contribution in [0.3, 0.4) is 0 Å². The fourth-order valence-electron chi connectivity index (χ4n) is 3.85.